The van der Waals surface area contributed by atoms with Gasteiger partial charge in [0.05, 0.1) is 22.5 Å². The molecule has 4 aliphatic rings. The van der Waals surface area contributed by atoms with Crippen LogP contribution < -0.4 is 9.77 Å². The van der Waals surface area contributed by atoms with Crippen LogP contribution in [0.15, 0.2) is 58.4 Å². The largest absolute Gasteiger partial charge is 0.307 e. The Morgan fingerprint density at radius 2 is 1.62 bits per heavy atom. The van der Waals surface area contributed by atoms with Gasteiger partial charge in [-0.3, -0.25) is 19.3 Å². The molecule has 0 unspecified atom stereocenters. The lowest BCUT2D eigenvalue weighted by atomic mass is 9.68. The first-order valence-electron chi connectivity index (χ1n) is 11.5. The summed E-state index contributed by atoms with van der Waals surface area (Å²) in [5.41, 5.74) is 2.98. The molecule has 3 heterocycles. The van der Waals surface area contributed by atoms with Crippen LogP contribution in [0.2, 0.25) is 5.02 Å². The van der Waals surface area contributed by atoms with Crippen LogP contribution in [-0.4, -0.2) is 22.0 Å². The minimum atomic E-state index is -0.291. The van der Waals surface area contributed by atoms with Gasteiger partial charge in [0.25, 0.3) is 0 Å². The van der Waals surface area contributed by atoms with Crippen LogP contribution in [0, 0.1) is 36.5 Å². The number of anilines is 1. The highest BCUT2D eigenvalue weighted by Crippen LogP contribution is 2.68. The number of aryl methyl sites for hydroxylation is 1. The molecule has 1 saturated heterocycles. The second-order valence-corrected chi connectivity index (χ2v) is 12.5. The van der Waals surface area contributed by atoms with Crippen molar-refractivity contribution < 1.29 is 9.59 Å². The normalized spacial score (nSPS) is 33.2. The number of nitrogens with one attached hydrogen (secondary N) is 1. The van der Waals surface area contributed by atoms with E-state index in [9.17, 15) is 14.4 Å². The van der Waals surface area contributed by atoms with Crippen LogP contribution >= 0.6 is 34.7 Å². The SMILES string of the molecule is Cc1ccc([C@@H]2c3sc(=O)[nH]c3S[C@@H]3[C@H]4C[C@@H]([C@@H]5C(=O)N(c6ccc(Cl)cc6)C(=O)[C@@H]45)[C@H]23)cc1. The van der Waals surface area contributed by atoms with Gasteiger partial charge in [0.15, 0.2) is 0 Å². The van der Waals surface area contributed by atoms with Crippen molar-refractivity contribution in [3.63, 3.8) is 0 Å². The number of nitrogens with zero attached hydrogens (tertiary/aromatic N) is 1. The predicted octanol–water partition coefficient (Wildman–Crippen LogP) is 5.08. The highest BCUT2D eigenvalue weighted by Gasteiger charge is 2.69. The van der Waals surface area contributed by atoms with Crippen LogP contribution in [-0.2, 0) is 9.59 Å². The smallest absolute Gasteiger partial charge is 0.305 e. The second kappa shape index (κ2) is 7.33. The maximum absolute atomic E-state index is 13.7. The van der Waals surface area contributed by atoms with Gasteiger partial charge in [0, 0.05) is 21.1 Å². The molecule has 2 amide bonds. The summed E-state index contributed by atoms with van der Waals surface area (Å²) < 4.78 is 0. The zero-order chi connectivity index (χ0) is 23.3. The number of benzene rings is 2. The van der Waals surface area contributed by atoms with Crippen LogP contribution in [0.3, 0.4) is 0 Å². The molecule has 2 aromatic carbocycles. The Labute approximate surface area is 209 Å². The summed E-state index contributed by atoms with van der Waals surface area (Å²) in [5.74, 6) is -0.202. The summed E-state index contributed by atoms with van der Waals surface area (Å²) >= 11 is 9.05. The van der Waals surface area contributed by atoms with Crippen molar-refractivity contribution in [1.82, 2.24) is 4.98 Å². The lowest BCUT2D eigenvalue weighted by Crippen LogP contribution is -2.42. The number of aromatic nitrogens is 1. The topological polar surface area (TPSA) is 70.2 Å². The van der Waals surface area contributed by atoms with Crippen molar-refractivity contribution in [1.29, 1.82) is 0 Å². The molecule has 7 atom stereocenters. The third-order valence-corrected chi connectivity index (χ3v) is 11.1. The number of thiazole rings is 1. The molecule has 3 aromatic rings. The summed E-state index contributed by atoms with van der Waals surface area (Å²) in [7, 11) is 0. The Balaban J connectivity index is 1.32. The highest BCUT2D eigenvalue weighted by molar-refractivity contribution is 8.00. The summed E-state index contributed by atoms with van der Waals surface area (Å²) in [4.78, 5) is 45.1. The Morgan fingerprint density at radius 1 is 0.941 bits per heavy atom. The molecular weight excluding hydrogens is 488 g/mol. The van der Waals surface area contributed by atoms with E-state index in [1.807, 2.05) is 0 Å². The van der Waals surface area contributed by atoms with Gasteiger partial charge in [-0.25, -0.2) is 0 Å². The second-order valence-electron chi connectivity index (χ2n) is 9.86. The van der Waals surface area contributed by atoms with Crippen LogP contribution in [0.4, 0.5) is 5.69 Å². The van der Waals surface area contributed by atoms with Crippen molar-refractivity contribution in [2.75, 3.05) is 4.90 Å². The molecule has 2 bridgehead atoms. The van der Waals surface area contributed by atoms with Gasteiger partial charge in [-0.05, 0) is 60.9 Å². The number of fused-ring (bicyclic) bond motifs is 9. The van der Waals surface area contributed by atoms with E-state index in [1.165, 1.54) is 27.4 Å². The fourth-order valence-electron chi connectivity index (χ4n) is 7.01. The fraction of sp³-hybridized carbons (Fsp3) is 0.346. The van der Waals surface area contributed by atoms with Crippen molar-refractivity contribution in [3.8, 4) is 0 Å². The number of carbonyl (C=O) groups is 2. The molecule has 8 heteroatoms. The third kappa shape index (κ3) is 2.77. The molecule has 2 aliphatic heterocycles. The molecule has 0 spiro atoms. The molecule has 34 heavy (non-hydrogen) atoms. The maximum atomic E-state index is 13.7. The third-order valence-electron chi connectivity index (χ3n) is 8.25. The average Bonchev–Trinajstić information content (AvgIpc) is 3.54. The lowest BCUT2D eigenvalue weighted by molar-refractivity contribution is -0.123. The molecule has 0 radical (unpaired) electrons. The minimum absolute atomic E-state index is 0.0387. The van der Waals surface area contributed by atoms with Gasteiger partial charge in [-0.15, -0.1) is 11.8 Å². The molecule has 2 aliphatic carbocycles. The summed E-state index contributed by atoms with van der Waals surface area (Å²) in [6.45, 7) is 2.07. The molecule has 7 rings (SSSR count). The fourth-order valence-corrected chi connectivity index (χ4v) is 10.0. The summed E-state index contributed by atoms with van der Waals surface area (Å²) in [6.07, 6.45) is 0.894. The predicted molar refractivity (Wildman–Crippen MR) is 134 cm³/mol. The molecule has 5 nitrogen and oxygen atoms in total. The first kappa shape index (κ1) is 21.0. The van der Waals surface area contributed by atoms with Crippen molar-refractivity contribution in [2.45, 2.75) is 29.5 Å². The molecule has 1 aromatic heterocycles. The maximum Gasteiger partial charge on any atom is 0.305 e. The Kier molecular flexibility index (Phi) is 4.52. The van der Waals surface area contributed by atoms with Gasteiger partial charge in [-0.2, -0.15) is 0 Å². The van der Waals surface area contributed by atoms with E-state index in [2.05, 4.69) is 36.2 Å². The number of hydrogen-bond acceptors (Lipinski definition) is 5. The van der Waals surface area contributed by atoms with Gasteiger partial charge in [0.2, 0.25) is 11.8 Å². The van der Waals surface area contributed by atoms with Crippen molar-refractivity contribution >= 4 is 52.2 Å². The first-order chi connectivity index (χ1) is 16.4. The Morgan fingerprint density at radius 3 is 2.32 bits per heavy atom. The molecule has 2 saturated carbocycles. The van der Waals surface area contributed by atoms with Gasteiger partial charge >= 0.3 is 4.87 Å². The van der Waals surface area contributed by atoms with Crippen molar-refractivity contribution in [2.24, 2.45) is 29.6 Å². The van der Waals surface area contributed by atoms with Crippen molar-refractivity contribution in [3.05, 3.63) is 79.2 Å². The lowest BCUT2D eigenvalue weighted by Gasteiger charge is -2.43. The van der Waals surface area contributed by atoms with Gasteiger partial charge < -0.3 is 4.98 Å². The summed E-state index contributed by atoms with van der Waals surface area (Å²) in [5, 5.41) is 1.72. The number of carbonyl (C=O) groups excluding carboxylic acids is 2. The molecule has 3 fully saturated rings. The highest BCUT2D eigenvalue weighted by atomic mass is 35.5. The minimum Gasteiger partial charge on any atom is -0.307 e. The number of hydrogen-bond donors (Lipinski definition) is 1. The molecule has 172 valence electrons. The average molecular weight is 509 g/mol. The zero-order valence-corrected chi connectivity index (χ0v) is 20.6. The van der Waals surface area contributed by atoms with Crippen LogP contribution in [0.1, 0.15) is 28.3 Å². The number of rotatable bonds is 2. The first-order valence-corrected chi connectivity index (χ1v) is 13.6. The quantitative estimate of drug-likeness (QED) is 0.490. The van der Waals surface area contributed by atoms with E-state index in [0.717, 1.165) is 16.3 Å². The molecule has 1 N–H and O–H groups in total. The molecular formula is C26H21ClN2O3S2. The van der Waals surface area contributed by atoms with Crippen LogP contribution in [0.5, 0.6) is 0 Å². The monoisotopic (exact) mass is 508 g/mol. The Bertz CT molecular complexity index is 1400. The van der Waals surface area contributed by atoms with E-state index in [4.69, 9.17) is 11.6 Å². The Hall–Kier alpha value is -2.35. The van der Waals surface area contributed by atoms with Gasteiger partial charge in [-0.1, -0.05) is 52.8 Å². The standard InChI is InChI=1S/C26H21ClN2O3S2/c1-11-2-4-12(5-3-11)17-18-15-10-16(21(18)33-23-22(17)34-26(32)28-23)20-19(15)24(30)29(25(20)31)14-8-6-13(27)7-9-14/h2-9,15-21H,10H2,1H3,(H,28,32)/t15-,16+,17+,18-,19+,20+,21-/m1/s1. The number of H-pyrrole nitrogens is 1. The zero-order valence-electron chi connectivity index (χ0n) is 18.2. The number of thioether (sulfide) groups is 1. The van der Waals surface area contributed by atoms with E-state index in [-0.39, 0.29) is 57.4 Å². The van der Waals surface area contributed by atoms with E-state index in [0.29, 0.717) is 10.7 Å². The number of amides is 2. The number of halogens is 1. The number of imide groups is 1. The van der Waals surface area contributed by atoms with E-state index in [1.54, 1.807) is 36.0 Å². The number of aromatic amines is 1. The van der Waals surface area contributed by atoms with E-state index >= 15 is 0 Å². The van der Waals surface area contributed by atoms with Gasteiger partial charge in [0.1, 0.15) is 0 Å². The summed E-state index contributed by atoms with van der Waals surface area (Å²) in [6, 6.07) is 15.5. The van der Waals surface area contributed by atoms with Crippen LogP contribution in [0.25, 0.3) is 0 Å². The van der Waals surface area contributed by atoms with E-state index < -0.39 is 0 Å².